The second-order valence-electron chi connectivity index (χ2n) is 8.59. The van der Waals surface area contributed by atoms with Gasteiger partial charge in [0.15, 0.2) is 0 Å². The van der Waals surface area contributed by atoms with E-state index in [-0.39, 0.29) is 26.2 Å². The topological polar surface area (TPSA) is 40.5 Å². The van der Waals surface area contributed by atoms with Gasteiger partial charge in [0.05, 0.1) is 0 Å². The van der Waals surface area contributed by atoms with Crippen molar-refractivity contribution in [2.24, 2.45) is 0 Å². The van der Waals surface area contributed by atoms with Gasteiger partial charge in [-0.25, -0.2) is 24.3 Å². The van der Waals surface area contributed by atoms with Crippen LogP contribution in [0.1, 0.15) is 35.1 Å². The fraction of sp³-hybridized carbons (Fsp3) is 0.111. The van der Waals surface area contributed by atoms with Crippen LogP contribution in [0.4, 0.5) is 0 Å². The van der Waals surface area contributed by atoms with E-state index in [1.165, 1.54) is 11.1 Å². The van der Waals surface area contributed by atoms with Crippen molar-refractivity contribution in [3.8, 4) is 11.5 Å². The van der Waals surface area contributed by atoms with Gasteiger partial charge in [-0.15, -0.1) is 12.8 Å². The van der Waals surface area contributed by atoms with E-state index < -0.39 is 0 Å². The van der Waals surface area contributed by atoms with E-state index in [0.29, 0.717) is 11.5 Å². The minimum absolute atomic E-state index is 0. The minimum atomic E-state index is 0. The van der Waals surface area contributed by atoms with Crippen LogP contribution < -0.4 is 0 Å². The normalized spacial score (nSPS) is 11.7. The molecule has 0 spiro atoms. The van der Waals surface area contributed by atoms with E-state index in [9.17, 15) is 10.2 Å². The predicted molar refractivity (Wildman–Crippen MR) is 158 cm³/mol. The minimum Gasteiger partial charge on any atom is -0.508 e. The quantitative estimate of drug-likeness (QED) is 0.234. The summed E-state index contributed by atoms with van der Waals surface area (Å²) in [6.07, 6.45) is 21.6. The third kappa shape index (κ3) is 13.1. The number of allylic oxidation sites excluding steroid dienone is 8. The number of rotatable bonds is 4. The molecule has 0 heterocycles. The molecule has 39 heavy (non-hydrogen) atoms. The first-order valence-corrected chi connectivity index (χ1v) is 12.8. The summed E-state index contributed by atoms with van der Waals surface area (Å²) in [6, 6.07) is 35.2. The Balaban J connectivity index is 0.000000199. The van der Waals surface area contributed by atoms with Gasteiger partial charge in [0.1, 0.15) is 11.5 Å². The first kappa shape index (κ1) is 31.5. The Labute approximate surface area is 252 Å². The standard InChI is InChI=1S/2C13H12O.2C5H5.Zr/c2*14-13-9-5-4-8-12(13)10-11-6-2-1-3-7-11;2*1-2-4-5-3-1;/h2*1-9,14H,10H2;2*1-3H,4H2;/q;;2*-1;+2. The zero-order valence-corrected chi connectivity index (χ0v) is 24.5. The predicted octanol–water partition coefficient (Wildman–Crippen LogP) is 8.57. The van der Waals surface area contributed by atoms with E-state index in [2.05, 4.69) is 48.6 Å². The summed E-state index contributed by atoms with van der Waals surface area (Å²) in [5.74, 6) is 0.743. The van der Waals surface area contributed by atoms with Crippen LogP contribution in [-0.4, -0.2) is 10.2 Å². The number of phenolic OH excluding ortho intramolecular Hbond substituents is 2. The van der Waals surface area contributed by atoms with Gasteiger partial charge in [-0.2, -0.15) is 12.2 Å². The van der Waals surface area contributed by atoms with Crippen LogP contribution in [0.2, 0.25) is 0 Å². The Kier molecular flexibility index (Phi) is 15.7. The summed E-state index contributed by atoms with van der Waals surface area (Å²) in [5, 5.41) is 19.1. The maximum atomic E-state index is 9.57. The molecule has 0 saturated heterocycles. The van der Waals surface area contributed by atoms with Crippen molar-refractivity contribution in [3.63, 3.8) is 0 Å². The van der Waals surface area contributed by atoms with Gasteiger partial charge in [-0.3, -0.25) is 12.2 Å². The van der Waals surface area contributed by atoms with Gasteiger partial charge in [0, 0.05) is 12.8 Å². The van der Waals surface area contributed by atoms with Crippen molar-refractivity contribution in [3.05, 3.63) is 180 Å². The number of benzene rings is 4. The summed E-state index contributed by atoms with van der Waals surface area (Å²) in [4.78, 5) is 0. The van der Waals surface area contributed by atoms with Crippen molar-refractivity contribution >= 4 is 0 Å². The molecule has 2 N–H and O–H groups in total. The monoisotopic (exact) mass is 588 g/mol. The Morgan fingerprint density at radius 1 is 0.487 bits per heavy atom. The molecule has 0 fully saturated rings. The van der Waals surface area contributed by atoms with Gasteiger partial charge < -0.3 is 10.2 Å². The van der Waals surface area contributed by atoms with Crippen LogP contribution >= 0.6 is 0 Å². The fourth-order valence-electron chi connectivity index (χ4n) is 3.63. The van der Waals surface area contributed by atoms with E-state index in [4.69, 9.17) is 0 Å². The maximum Gasteiger partial charge on any atom is 2.00 e. The second-order valence-corrected chi connectivity index (χ2v) is 8.59. The van der Waals surface area contributed by atoms with E-state index in [0.717, 1.165) is 36.8 Å². The number of hydrogen-bond acceptors (Lipinski definition) is 2. The summed E-state index contributed by atoms with van der Waals surface area (Å²) in [7, 11) is 0. The number of para-hydroxylation sites is 2. The van der Waals surface area contributed by atoms with Crippen LogP contribution in [0.5, 0.6) is 11.5 Å². The summed E-state index contributed by atoms with van der Waals surface area (Å²) in [6.45, 7) is 0. The van der Waals surface area contributed by atoms with Crippen molar-refractivity contribution in [1.82, 2.24) is 0 Å². The summed E-state index contributed by atoms with van der Waals surface area (Å²) < 4.78 is 0. The maximum absolute atomic E-state index is 9.57. The van der Waals surface area contributed by atoms with Gasteiger partial charge in [-0.05, 0) is 34.4 Å². The van der Waals surface area contributed by atoms with Gasteiger partial charge >= 0.3 is 26.2 Å². The summed E-state index contributed by atoms with van der Waals surface area (Å²) in [5.41, 5.74) is 4.38. The zero-order chi connectivity index (χ0) is 26.7. The molecule has 3 heteroatoms. The smallest absolute Gasteiger partial charge is 0.508 e. The molecule has 2 nitrogen and oxygen atoms in total. The Hall–Kier alpha value is -3.68. The Bertz CT molecular complexity index is 1200. The van der Waals surface area contributed by atoms with E-state index in [1.807, 2.05) is 97.1 Å². The number of phenols is 2. The second kappa shape index (κ2) is 19.4. The van der Waals surface area contributed by atoms with Crippen molar-refractivity contribution in [2.75, 3.05) is 0 Å². The average Bonchev–Trinajstić information content (AvgIpc) is 3.73. The molecule has 4 aromatic carbocycles. The first-order chi connectivity index (χ1) is 18.7. The van der Waals surface area contributed by atoms with Crippen LogP contribution in [0, 0.1) is 12.2 Å². The molecule has 6 rings (SSSR count). The van der Waals surface area contributed by atoms with E-state index in [1.54, 1.807) is 12.1 Å². The van der Waals surface area contributed by atoms with Crippen molar-refractivity contribution in [1.29, 1.82) is 0 Å². The van der Waals surface area contributed by atoms with Gasteiger partial charge in [-0.1, -0.05) is 97.1 Å². The SMILES string of the molecule is Oc1ccccc1Cc1ccccc1.Oc1ccccc1Cc1ccccc1.[C-]1=CC=CC1.[C-]1=CC=CC1.[Zr+2]. The Morgan fingerprint density at radius 3 is 1.13 bits per heavy atom. The third-order valence-electron chi connectivity index (χ3n) is 5.63. The molecule has 2 aliphatic rings. The molecule has 0 bridgehead atoms. The Morgan fingerprint density at radius 2 is 0.846 bits per heavy atom. The summed E-state index contributed by atoms with van der Waals surface area (Å²) >= 11 is 0. The van der Waals surface area contributed by atoms with Gasteiger partial charge in [0.25, 0.3) is 0 Å². The van der Waals surface area contributed by atoms with Crippen LogP contribution in [0.3, 0.4) is 0 Å². The molecule has 0 radical (unpaired) electrons. The average molecular weight is 590 g/mol. The largest absolute Gasteiger partial charge is 2.00 e. The number of aromatic hydroxyl groups is 2. The molecule has 0 atom stereocenters. The molecule has 0 saturated carbocycles. The van der Waals surface area contributed by atoms with Crippen LogP contribution in [0.15, 0.2) is 146 Å². The van der Waals surface area contributed by atoms with Crippen LogP contribution in [0.25, 0.3) is 0 Å². The van der Waals surface area contributed by atoms with Crippen molar-refractivity contribution in [2.45, 2.75) is 25.7 Å². The van der Waals surface area contributed by atoms with E-state index >= 15 is 0 Å². The molecular weight excluding hydrogens is 556 g/mol. The zero-order valence-electron chi connectivity index (χ0n) is 22.1. The van der Waals surface area contributed by atoms with Gasteiger partial charge in [0.2, 0.25) is 0 Å². The first-order valence-electron chi connectivity index (χ1n) is 12.8. The number of hydrogen-bond donors (Lipinski definition) is 2. The molecular formula is C36H34O2Zr. The molecule has 194 valence electrons. The molecule has 4 aromatic rings. The molecule has 0 amide bonds. The fourth-order valence-corrected chi connectivity index (χ4v) is 3.63. The van der Waals surface area contributed by atoms with Crippen molar-refractivity contribution < 1.29 is 36.4 Å². The molecule has 2 aliphatic carbocycles. The molecule has 0 aliphatic heterocycles. The molecule has 0 aromatic heterocycles. The molecule has 0 unspecified atom stereocenters. The third-order valence-corrected chi connectivity index (χ3v) is 5.63. The van der Waals surface area contributed by atoms with Crippen LogP contribution in [-0.2, 0) is 39.0 Å².